The zero-order valence-electron chi connectivity index (χ0n) is 18.5. The van der Waals surface area contributed by atoms with Gasteiger partial charge in [0, 0.05) is 7.05 Å². The molecule has 0 aliphatic carbocycles. The molecule has 1 unspecified atom stereocenters. The molecule has 0 bridgehead atoms. The van der Waals surface area contributed by atoms with Gasteiger partial charge in [-0.25, -0.2) is 14.4 Å². The first-order valence-corrected chi connectivity index (χ1v) is 10.6. The number of rotatable bonds is 11. The first-order valence-electron chi connectivity index (χ1n) is 10.6. The predicted molar refractivity (Wildman–Crippen MR) is 115 cm³/mol. The number of likely N-dealkylation sites (N-methyl/N-ethyl adjacent to an activating group) is 1. The van der Waals surface area contributed by atoms with E-state index in [1.807, 2.05) is 44.2 Å². The number of nitrogens with one attached hydrogen (secondary N) is 1. The van der Waals surface area contributed by atoms with Crippen LogP contribution in [-0.2, 0) is 25.6 Å². The molecular weight excluding hydrogens is 402 g/mol. The average Bonchev–Trinajstić information content (AvgIpc) is 2.76. The SMILES string of the molecule is CCCCOC(=O)N(OC(=O)CCc1ccccc1)C(=N)N(C)C(CCCC)C(=O)O. The molecule has 0 saturated carbocycles. The number of unbranched alkanes of at least 4 members (excludes halogenated alkanes) is 2. The third kappa shape index (κ3) is 9.06. The Hall–Kier alpha value is -3.10. The Morgan fingerprint density at radius 3 is 2.32 bits per heavy atom. The molecule has 0 saturated heterocycles. The molecule has 0 aromatic heterocycles. The lowest BCUT2D eigenvalue weighted by Gasteiger charge is -2.31. The molecule has 9 heteroatoms. The minimum atomic E-state index is -1.13. The topological polar surface area (TPSA) is 120 Å². The van der Waals surface area contributed by atoms with Crippen molar-refractivity contribution in [1.82, 2.24) is 9.96 Å². The number of carbonyl (C=O) groups excluding carboxylic acids is 2. The van der Waals surface area contributed by atoms with Crippen molar-refractivity contribution < 1.29 is 29.1 Å². The number of hydrogen-bond donors (Lipinski definition) is 2. The van der Waals surface area contributed by atoms with E-state index in [2.05, 4.69) is 0 Å². The van der Waals surface area contributed by atoms with Gasteiger partial charge in [-0.3, -0.25) is 5.41 Å². The number of hydrogen-bond acceptors (Lipinski definition) is 6. The van der Waals surface area contributed by atoms with Gasteiger partial charge < -0.3 is 19.6 Å². The number of guanidine groups is 1. The number of hydroxylamine groups is 2. The van der Waals surface area contributed by atoms with Crippen molar-refractivity contribution in [2.45, 2.75) is 64.8 Å². The minimum absolute atomic E-state index is 0.0159. The van der Waals surface area contributed by atoms with E-state index < -0.39 is 30.0 Å². The number of aliphatic carboxylic acids is 1. The first-order chi connectivity index (χ1) is 14.8. The van der Waals surface area contributed by atoms with E-state index in [4.69, 9.17) is 15.0 Å². The van der Waals surface area contributed by atoms with Crippen molar-refractivity contribution in [2.75, 3.05) is 13.7 Å². The van der Waals surface area contributed by atoms with Gasteiger partial charge in [-0.1, -0.05) is 68.5 Å². The minimum Gasteiger partial charge on any atom is -0.480 e. The highest BCUT2D eigenvalue weighted by atomic mass is 16.8. The third-order valence-electron chi connectivity index (χ3n) is 4.65. The monoisotopic (exact) mass is 435 g/mol. The molecule has 0 fully saturated rings. The van der Waals surface area contributed by atoms with Gasteiger partial charge in [0.05, 0.1) is 13.0 Å². The summed E-state index contributed by atoms with van der Waals surface area (Å²) in [5, 5.41) is 18.3. The van der Waals surface area contributed by atoms with Crippen LogP contribution in [0.4, 0.5) is 4.79 Å². The van der Waals surface area contributed by atoms with Crippen molar-refractivity contribution in [3.63, 3.8) is 0 Å². The van der Waals surface area contributed by atoms with E-state index >= 15 is 0 Å². The van der Waals surface area contributed by atoms with E-state index in [1.165, 1.54) is 7.05 Å². The molecule has 1 aromatic carbocycles. The van der Waals surface area contributed by atoms with Crippen LogP contribution in [0.15, 0.2) is 30.3 Å². The molecule has 0 aliphatic rings. The zero-order chi connectivity index (χ0) is 23.2. The Morgan fingerprint density at radius 1 is 1.10 bits per heavy atom. The fourth-order valence-corrected chi connectivity index (χ4v) is 2.74. The Balaban J connectivity index is 2.90. The number of carbonyl (C=O) groups is 3. The molecule has 1 rings (SSSR count). The number of amides is 1. The maximum absolute atomic E-state index is 12.5. The van der Waals surface area contributed by atoms with Crippen molar-refractivity contribution in [3.8, 4) is 0 Å². The van der Waals surface area contributed by atoms with Gasteiger partial charge in [0.15, 0.2) is 0 Å². The van der Waals surface area contributed by atoms with E-state index in [1.54, 1.807) is 0 Å². The Morgan fingerprint density at radius 2 is 1.74 bits per heavy atom. The summed E-state index contributed by atoms with van der Waals surface area (Å²) in [5.41, 5.74) is 0.925. The normalized spacial score (nSPS) is 11.3. The number of carboxylic acid groups (broad SMARTS) is 1. The highest BCUT2D eigenvalue weighted by Gasteiger charge is 2.33. The van der Waals surface area contributed by atoms with E-state index in [0.29, 0.717) is 24.3 Å². The van der Waals surface area contributed by atoms with Gasteiger partial charge in [-0.15, -0.1) is 0 Å². The standard InChI is InChI=1S/C22H33N3O6/c1-4-6-13-18(20(27)28)24(3)21(23)25(22(29)30-16-7-5-2)31-19(26)15-14-17-11-9-8-10-12-17/h8-12,18,23H,4-7,13-16H2,1-3H3,(H,27,28). The van der Waals surface area contributed by atoms with Gasteiger partial charge in [-0.2, -0.15) is 0 Å². The highest BCUT2D eigenvalue weighted by molar-refractivity contribution is 5.94. The second-order valence-electron chi connectivity index (χ2n) is 7.14. The second-order valence-corrected chi connectivity index (χ2v) is 7.14. The quantitative estimate of drug-likeness (QED) is 0.235. The highest BCUT2D eigenvalue weighted by Crippen LogP contribution is 2.13. The molecule has 2 N–H and O–H groups in total. The lowest BCUT2D eigenvalue weighted by atomic mass is 10.1. The first kappa shape index (κ1) is 25.9. The van der Waals surface area contributed by atoms with Crippen LogP contribution in [-0.4, -0.2) is 58.8 Å². The maximum Gasteiger partial charge on any atom is 0.451 e. The van der Waals surface area contributed by atoms with Crippen LogP contribution in [0, 0.1) is 5.41 Å². The number of aryl methyl sites for hydroxylation is 1. The molecular formula is C22H33N3O6. The van der Waals surface area contributed by atoms with Crippen LogP contribution in [0.5, 0.6) is 0 Å². The van der Waals surface area contributed by atoms with E-state index in [-0.39, 0.29) is 19.4 Å². The Bertz CT molecular complexity index is 725. The lowest BCUT2D eigenvalue weighted by Crippen LogP contribution is -2.52. The molecule has 0 heterocycles. The second kappa shape index (κ2) is 14.0. The lowest BCUT2D eigenvalue weighted by molar-refractivity contribution is -0.169. The Kier molecular flexibility index (Phi) is 11.7. The van der Waals surface area contributed by atoms with Crippen molar-refractivity contribution in [1.29, 1.82) is 5.41 Å². The molecule has 1 amide bonds. The molecule has 0 aliphatic heterocycles. The fraction of sp³-hybridized carbons (Fsp3) is 0.545. The molecule has 9 nitrogen and oxygen atoms in total. The number of nitrogens with zero attached hydrogens (tertiary/aromatic N) is 2. The van der Waals surface area contributed by atoms with Gasteiger partial charge in [-0.05, 0) is 24.8 Å². The molecule has 0 radical (unpaired) electrons. The van der Waals surface area contributed by atoms with E-state index in [0.717, 1.165) is 23.3 Å². The summed E-state index contributed by atoms with van der Waals surface area (Å²) in [7, 11) is 1.38. The van der Waals surface area contributed by atoms with Gasteiger partial charge >= 0.3 is 18.0 Å². The van der Waals surface area contributed by atoms with Crippen LogP contribution in [0.25, 0.3) is 0 Å². The summed E-state index contributed by atoms with van der Waals surface area (Å²) in [6.07, 6.45) is 2.45. The maximum atomic E-state index is 12.5. The number of ether oxygens (including phenoxy) is 1. The number of benzene rings is 1. The van der Waals surface area contributed by atoms with Gasteiger partial charge in [0.2, 0.25) is 5.96 Å². The van der Waals surface area contributed by atoms with Crippen molar-refractivity contribution >= 4 is 24.0 Å². The van der Waals surface area contributed by atoms with Crippen molar-refractivity contribution in [3.05, 3.63) is 35.9 Å². The van der Waals surface area contributed by atoms with E-state index in [9.17, 15) is 19.5 Å². The summed E-state index contributed by atoms with van der Waals surface area (Å²) in [6, 6.07) is 8.26. The molecule has 0 spiro atoms. The summed E-state index contributed by atoms with van der Waals surface area (Å²) in [5.74, 6) is -2.43. The third-order valence-corrected chi connectivity index (χ3v) is 4.65. The largest absolute Gasteiger partial charge is 0.480 e. The summed E-state index contributed by atoms with van der Waals surface area (Å²) in [4.78, 5) is 42.8. The molecule has 31 heavy (non-hydrogen) atoms. The molecule has 1 atom stereocenters. The zero-order valence-corrected chi connectivity index (χ0v) is 18.5. The summed E-state index contributed by atoms with van der Waals surface area (Å²) >= 11 is 0. The van der Waals surface area contributed by atoms with Crippen LogP contribution < -0.4 is 0 Å². The fourth-order valence-electron chi connectivity index (χ4n) is 2.74. The predicted octanol–water partition coefficient (Wildman–Crippen LogP) is 3.83. The summed E-state index contributed by atoms with van der Waals surface area (Å²) in [6.45, 7) is 3.95. The van der Waals surface area contributed by atoms with Crippen LogP contribution in [0.2, 0.25) is 0 Å². The van der Waals surface area contributed by atoms with Gasteiger partial charge in [0.25, 0.3) is 0 Å². The average molecular weight is 436 g/mol. The van der Waals surface area contributed by atoms with Crippen LogP contribution >= 0.6 is 0 Å². The van der Waals surface area contributed by atoms with Crippen LogP contribution in [0.1, 0.15) is 57.9 Å². The Labute approximate surface area is 183 Å². The number of carboxylic acids is 1. The van der Waals surface area contributed by atoms with Gasteiger partial charge in [0.1, 0.15) is 6.04 Å². The molecule has 1 aromatic rings. The van der Waals surface area contributed by atoms with Crippen molar-refractivity contribution in [2.24, 2.45) is 0 Å². The molecule has 172 valence electrons. The smallest absolute Gasteiger partial charge is 0.451 e. The van der Waals surface area contributed by atoms with Crippen LogP contribution in [0.3, 0.4) is 0 Å². The summed E-state index contributed by atoms with van der Waals surface area (Å²) < 4.78 is 5.10.